The summed E-state index contributed by atoms with van der Waals surface area (Å²) in [6, 6.07) is 24.2. The molecule has 7 rings (SSSR count). The molecular formula is C32H30N8O2. The SMILES string of the molecule is Nc1ncnc2c1ncn2C1CCN(Cc2ccc(C3(c4ccccc4)C=Nc4cc(C(=O)O)ccc4N3)cc2)CC1. The van der Waals surface area contributed by atoms with Crippen molar-refractivity contribution in [3.63, 3.8) is 0 Å². The van der Waals surface area contributed by atoms with E-state index in [2.05, 4.69) is 66.1 Å². The Bertz CT molecular complexity index is 1790. The van der Waals surface area contributed by atoms with Gasteiger partial charge in [0, 0.05) is 31.9 Å². The number of aromatic carboxylic acids is 1. The zero-order valence-electron chi connectivity index (χ0n) is 22.9. The van der Waals surface area contributed by atoms with E-state index in [0.29, 0.717) is 23.1 Å². The van der Waals surface area contributed by atoms with Crippen molar-refractivity contribution in [1.29, 1.82) is 0 Å². The number of imidazole rings is 1. The number of fused-ring (bicyclic) bond motifs is 2. The number of rotatable bonds is 6. The lowest BCUT2D eigenvalue weighted by atomic mass is 9.82. The number of nitrogens with one attached hydrogen (secondary N) is 1. The number of nitrogens with two attached hydrogens (primary N) is 1. The normalized spacial score (nSPS) is 19.0. The van der Waals surface area contributed by atoms with Crippen molar-refractivity contribution < 1.29 is 9.90 Å². The predicted octanol–water partition coefficient (Wildman–Crippen LogP) is 5.02. The van der Waals surface area contributed by atoms with Gasteiger partial charge in [0.05, 0.1) is 23.3 Å². The van der Waals surface area contributed by atoms with Crippen LogP contribution in [0.25, 0.3) is 11.2 Å². The Morgan fingerprint density at radius 3 is 2.50 bits per heavy atom. The summed E-state index contributed by atoms with van der Waals surface area (Å²) in [5.41, 5.74) is 11.7. The van der Waals surface area contributed by atoms with Crippen molar-refractivity contribution >= 4 is 40.5 Å². The van der Waals surface area contributed by atoms with Crippen LogP contribution in [0.15, 0.2) is 90.4 Å². The summed E-state index contributed by atoms with van der Waals surface area (Å²) in [4.78, 5) is 31.6. The number of likely N-dealkylation sites (tertiary alicyclic amines) is 1. The lowest BCUT2D eigenvalue weighted by Crippen LogP contribution is -2.40. The lowest BCUT2D eigenvalue weighted by molar-refractivity contribution is 0.0697. The summed E-state index contributed by atoms with van der Waals surface area (Å²) >= 11 is 0. The number of nitrogen functional groups attached to an aromatic ring is 1. The molecule has 0 bridgehead atoms. The van der Waals surface area contributed by atoms with Gasteiger partial charge >= 0.3 is 5.97 Å². The first-order valence-corrected chi connectivity index (χ1v) is 14.0. The Labute approximate surface area is 242 Å². The van der Waals surface area contributed by atoms with Gasteiger partial charge in [-0.05, 0) is 47.7 Å². The molecule has 210 valence electrons. The molecule has 1 saturated heterocycles. The van der Waals surface area contributed by atoms with Crippen molar-refractivity contribution in [2.24, 2.45) is 4.99 Å². The van der Waals surface area contributed by atoms with Gasteiger partial charge in [-0.15, -0.1) is 0 Å². The van der Waals surface area contributed by atoms with Gasteiger partial charge in [-0.25, -0.2) is 19.7 Å². The number of carbonyl (C=O) groups is 1. The number of carboxylic acid groups (broad SMARTS) is 1. The summed E-state index contributed by atoms with van der Waals surface area (Å²) in [5, 5.41) is 13.1. The molecule has 1 atom stereocenters. The summed E-state index contributed by atoms with van der Waals surface area (Å²) < 4.78 is 2.14. The van der Waals surface area contributed by atoms with Gasteiger partial charge in [0.2, 0.25) is 0 Å². The van der Waals surface area contributed by atoms with Crippen LogP contribution in [-0.4, -0.2) is 54.8 Å². The average Bonchev–Trinajstić information content (AvgIpc) is 3.47. The van der Waals surface area contributed by atoms with E-state index in [1.807, 2.05) is 30.7 Å². The number of aliphatic imine (C=N–C) groups is 1. The van der Waals surface area contributed by atoms with Gasteiger partial charge < -0.3 is 20.7 Å². The number of carboxylic acids is 1. The molecule has 2 aliphatic rings. The number of piperidine rings is 1. The average molecular weight is 559 g/mol. The maximum absolute atomic E-state index is 11.5. The minimum Gasteiger partial charge on any atom is -0.478 e. The highest BCUT2D eigenvalue weighted by atomic mass is 16.4. The summed E-state index contributed by atoms with van der Waals surface area (Å²) in [5.74, 6) is -0.553. The number of hydrogen-bond donors (Lipinski definition) is 3. The largest absolute Gasteiger partial charge is 0.478 e. The molecule has 4 heterocycles. The topological polar surface area (TPSA) is 135 Å². The van der Waals surface area contributed by atoms with Crippen molar-refractivity contribution in [3.05, 3.63) is 108 Å². The first-order chi connectivity index (χ1) is 20.5. The van der Waals surface area contributed by atoms with Crippen LogP contribution in [0, 0.1) is 0 Å². The molecule has 42 heavy (non-hydrogen) atoms. The van der Waals surface area contributed by atoms with E-state index in [1.54, 1.807) is 18.2 Å². The molecule has 1 unspecified atom stereocenters. The minimum atomic E-state index is -0.970. The third-order valence-corrected chi connectivity index (χ3v) is 8.36. The molecule has 0 saturated carbocycles. The first-order valence-electron chi connectivity index (χ1n) is 14.0. The number of hydrogen-bond acceptors (Lipinski definition) is 8. The van der Waals surface area contributed by atoms with E-state index in [1.165, 1.54) is 11.9 Å². The summed E-state index contributed by atoms with van der Waals surface area (Å²) in [7, 11) is 0. The fourth-order valence-electron chi connectivity index (χ4n) is 6.07. The zero-order valence-corrected chi connectivity index (χ0v) is 22.9. The molecule has 5 aromatic rings. The van der Waals surface area contributed by atoms with Crippen LogP contribution in [0.5, 0.6) is 0 Å². The fraction of sp³-hybridized carbons (Fsp3) is 0.219. The highest BCUT2D eigenvalue weighted by Crippen LogP contribution is 2.40. The second-order valence-corrected chi connectivity index (χ2v) is 10.9. The summed E-state index contributed by atoms with van der Waals surface area (Å²) in [6.45, 7) is 2.82. The van der Waals surface area contributed by atoms with E-state index in [4.69, 9.17) is 10.7 Å². The molecule has 2 aliphatic heterocycles. The van der Waals surface area contributed by atoms with Crippen LogP contribution in [0.2, 0.25) is 0 Å². The summed E-state index contributed by atoms with van der Waals surface area (Å²) in [6.07, 6.45) is 7.24. The minimum absolute atomic E-state index is 0.213. The van der Waals surface area contributed by atoms with Gasteiger partial charge in [-0.1, -0.05) is 54.6 Å². The van der Waals surface area contributed by atoms with Gasteiger partial charge in [-0.2, -0.15) is 0 Å². The molecule has 10 heteroatoms. The van der Waals surface area contributed by atoms with Gasteiger partial charge in [0.15, 0.2) is 11.5 Å². The second kappa shape index (κ2) is 10.4. The molecule has 0 radical (unpaired) electrons. The Kier molecular flexibility index (Phi) is 6.39. The molecule has 3 aromatic carbocycles. The Morgan fingerprint density at radius 2 is 1.74 bits per heavy atom. The number of aromatic nitrogens is 4. The number of benzene rings is 3. The molecule has 0 amide bonds. The standard InChI is InChI=1S/C32H30N8O2/c33-29-28-30(36-19-35-29)40(20-37-28)25-12-14-39(15-13-25)17-21-6-9-24(10-7-21)32(23-4-2-1-3-5-23)18-34-27-16-22(31(41)42)8-11-26(27)38-32/h1-11,16,18-20,25,38H,12-15,17H2,(H,41,42)(H2,33,35,36). The third kappa shape index (κ3) is 4.55. The van der Waals surface area contributed by atoms with Gasteiger partial charge in [0.25, 0.3) is 0 Å². The van der Waals surface area contributed by atoms with Gasteiger partial charge in [-0.3, -0.25) is 9.89 Å². The van der Waals surface area contributed by atoms with Crippen molar-refractivity contribution in [2.75, 3.05) is 24.1 Å². The molecular weight excluding hydrogens is 528 g/mol. The van der Waals surface area contributed by atoms with Crippen LogP contribution in [0.3, 0.4) is 0 Å². The Hall–Kier alpha value is -5.09. The predicted molar refractivity (Wildman–Crippen MR) is 162 cm³/mol. The number of nitrogens with zero attached hydrogens (tertiary/aromatic N) is 6. The van der Waals surface area contributed by atoms with Crippen LogP contribution < -0.4 is 11.1 Å². The number of anilines is 2. The quantitative estimate of drug-likeness (QED) is 0.265. The molecule has 0 spiro atoms. The Morgan fingerprint density at radius 1 is 0.976 bits per heavy atom. The van der Waals surface area contributed by atoms with Crippen LogP contribution >= 0.6 is 0 Å². The first kappa shape index (κ1) is 25.8. The van der Waals surface area contributed by atoms with Gasteiger partial charge in [0.1, 0.15) is 17.4 Å². The molecule has 4 N–H and O–H groups in total. The van der Waals surface area contributed by atoms with Crippen LogP contribution in [-0.2, 0) is 12.1 Å². The van der Waals surface area contributed by atoms with E-state index in [9.17, 15) is 9.90 Å². The molecule has 1 fully saturated rings. The van der Waals surface area contributed by atoms with Crippen LogP contribution in [0.1, 0.15) is 45.9 Å². The van der Waals surface area contributed by atoms with Crippen molar-refractivity contribution in [2.45, 2.75) is 31.0 Å². The van der Waals surface area contributed by atoms with E-state index < -0.39 is 11.5 Å². The Balaban J connectivity index is 1.09. The molecule has 0 aliphatic carbocycles. The fourth-order valence-corrected chi connectivity index (χ4v) is 6.07. The van der Waals surface area contributed by atoms with Crippen LogP contribution in [0.4, 0.5) is 17.2 Å². The maximum atomic E-state index is 11.5. The van der Waals surface area contributed by atoms with E-state index in [-0.39, 0.29) is 5.56 Å². The maximum Gasteiger partial charge on any atom is 0.335 e. The lowest BCUT2D eigenvalue weighted by Gasteiger charge is -2.37. The van der Waals surface area contributed by atoms with Crippen molar-refractivity contribution in [1.82, 2.24) is 24.4 Å². The molecule has 10 nitrogen and oxygen atoms in total. The highest BCUT2D eigenvalue weighted by Gasteiger charge is 2.36. The second-order valence-electron chi connectivity index (χ2n) is 10.9. The highest BCUT2D eigenvalue weighted by molar-refractivity contribution is 5.95. The van der Waals surface area contributed by atoms with E-state index >= 15 is 0 Å². The third-order valence-electron chi connectivity index (χ3n) is 8.36. The van der Waals surface area contributed by atoms with E-state index in [0.717, 1.165) is 54.9 Å². The smallest absolute Gasteiger partial charge is 0.335 e. The molecule has 2 aromatic heterocycles. The monoisotopic (exact) mass is 558 g/mol. The van der Waals surface area contributed by atoms with Crippen molar-refractivity contribution in [3.8, 4) is 0 Å². The zero-order chi connectivity index (χ0) is 28.7.